The number of nitrogens with zero attached hydrogens (tertiary/aromatic N) is 2. The molecule has 2 N–H and O–H groups in total. The van der Waals surface area contributed by atoms with Gasteiger partial charge >= 0.3 is 0 Å². The third-order valence-corrected chi connectivity index (χ3v) is 5.82. The van der Waals surface area contributed by atoms with Crippen molar-refractivity contribution >= 4 is 39.7 Å². The first kappa shape index (κ1) is 19.1. The minimum Gasteiger partial charge on any atom is -0.327 e. The molecule has 2 unspecified atom stereocenters. The van der Waals surface area contributed by atoms with Crippen molar-refractivity contribution in [3.63, 3.8) is 0 Å². The fourth-order valence-corrected chi connectivity index (χ4v) is 4.19. The summed E-state index contributed by atoms with van der Waals surface area (Å²) >= 11 is 5.71. The maximum atomic E-state index is 12.6. The van der Waals surface area contributed by atoms with Crippen molar-refractivity contribution in [1.82, 2.24) is 4.31 Å². The van der Waals surface area contributed by atoms with Crippen LogP contribution in [0.3, 0.4) is 0 Å². The Hall–Kier alpha value is -0.930. The molecule has 1 aromatic carbocycles. The van der Waals surface area contributed by atoms with Gasteiger partial charge in [0.05, 0.1) is 4.92 Å². The molecule has 0 amide bonds. The molecule has 1 aromatic rings. The molecule has 10 heteroatoms. The van der Waals surface area contributed by atoms with Gasteiger partial charge in [-0.15, -0.1) is 12.4 Å². The highest BCUT2D eigenvalue weighted by molar-refractivity contribution is 7.89. The van der Waals surface area contributed by atoms with E-state index in [0.29, 0.717) is 6.42 Å². The van der Waals surface area contributed by atoms with E-state index < -0.39 is 20.6 Å². The first-order valence-electron chi connectivity index (χ1n) is 6.43. The van der Waals surface area contributed by atoms with Crippen molar-refractivity contribution in [2.75, 3.05) is 13.1 Å². The number of benzene rings is 1. The van der Waals surface area contributed by atoms with Crippen molar-refractivity contribution in [1.29, 1.82) is 0 Å². The highest BCUT2D eigenvalue weighted by atomic mass is 35.5. The summed E-state index contributed by atoms with van der Waals surface area (Å²) in [7, 11) is -3.93. The minimum absolute atomic E-state index is 0. The zero-order valence-corrected chi connectivity index (χ0v) is 14.2. The van der Waals surface area contributed by atoms with Gasteiger partial charge in [-0.05, 0) is 24.5 Å². The van der Waals surface area contributed by atoms with E-state index >= 15 is 0 Å². The van der Waals surface area contributed by atoms with Gasteiger partial charge in [0.15, 0.2) is 4.90 Å². The van der Waals surface area contributed by atoms with Crippen molar-refractivity contribution in [3.05, 3.63) is 33.3 Å². The Kier molecular flexibility index (Phi) is 6.17. The molecule has 7 nitrogen and oxygen atoms in total. The van der Waals surface area contributed by atoms with E-state index in [2.05, 4.69) is 0 Å². The molecule has 0 bridgehead atoms. The zero-order valence-electron chi connectivity index (χ0n) is 11.8. The Labute approximate surface area is 140 Å². The average Bonchev–Trinajstić information content (AvgIpc) is 2.41. The van der Waals surface area contributed by atoms with Crippen LogP contribution in [0.25, 0.3) is 0 Å². The summed E-state index contributed by atoms with van der Waals surface area (Å²) < 4.78 is 26.5. The third kappa shape index (κ3) is 3.69. The van der Waals surface area contributed by atoms with E-state index in [-0.39, 0.29) is 47.4 Å². The van der Waals surface area contributed by atoms with Gasteiger partial charge in [-0.1, -0.05) is 18.5 Å². The number of sulfonamides is 1. The SMILES string of the molecule is CC1CN(S(=O)(=O)c2ccc(Cl)cc2[N+](=O)[O-])CCC1N.Cl. The summed E-state index contributed by atoms with van der Waals surface area (Å²) in [4.78, 5) is 9.99. The van der Waals surface area contributed by atoms with Gasteiger partial charge in [0.2, 0.25) is 10.0 Å². The molecule has 2 rings (SSSR count). The lowest BCUT2D eigenvalue weighted by Gasteiger charge is -2.34. The summed E-state index contributed by atoms with van der Waals surface area (Å²) in [5.74, 6) is -0.000110. The Morgan fingerprint density at radius 2 is 2.09 bits per heavy atom. The number of nitro groups is 1. The predicted octanol–water partition coefficient (Wildman–Crippen LogP) is 2.03. The highest BCUT2D eigenvalue weighted by Crippen LogP contribution is 2.31. The zero-order chi connectivity index (χ0) is 15.8. The highest BCUT2D eigenvalue weighted by Gasteiger charge is 2.35. The minimum atomic E-state index is -3.93. The molecular formula is C12H17Cl2N3O4S. The van der Waals surface area contributed by atoms with Crippen molar-refractivity contribution in [2.24, 2.45) is 11.7 Å². The van der Waals surface area contributed by atoms with Crippen LogP contribution in [0, 0.1) is 16.0 Å². The predicted molar refractivity (Wildman–Crippen MR) is 85.9 cm³/mol. The van der Waals surface area contributed by atoms with Crippen molar-refractivity contribution < 1.29 is 13.3 Å². The van der Waals surface area contributed by atoms with Gasteiger partial charge in [-0.3, -0.25) is 10.1 Å². The smallest absolute Gasteiger partial charge is 0.290 e. The summed E-state index contributed by atoms with van der Waals surface area (Å²) in [6, 6.07) is 3.50. The van der Waals surface area contributed by atoms with Gasteiger partial charge < -0.3 is 5.73 Å². The molecule has 2 atom stereocenters. The molecule has 124 valence electrons. The standard InChI is InChI=1S/C12H16ClN3O4S.ClH/c1-8-7-15(5-4-10(8)14)21(19,20)12-3-2-9(13)6-11(12)16(17)18;/h2-3,6,8,10H,4-5,7,14H2,1H3;1H. The number of nitrogens with two attached hydrogens (primary N) is 1. The lowest BCUT2D eigenvalue weighted by Crippen LogP contribution is -2.48. The third-order valence-electron chi connectivity index (χ3n) is 3.67. The Bertz CT molecular complexity index is 668. The second-order valence-electron chi connectivity index (χ2n) is 5.16. The number of hydrogen-bond acceptors (Lipinski definition) is 5. The fourth-order valence-electron chi connectivity index (χ4n) is 2.33. The Morgan fingerprint density at radius 3 is 2.64 bits per heavy atom. The number of halogens is 2. The fraction of sp³-hybridized carbons (Fsp3) is 0.500. The summed E-state index contributed by atoms with van der Waals surface area (Å²) in [5.41, 5.74) is 5.36. The van der Waals surface area contributed by atoms with Gasteiger partial charge in [-0.25, -0.2) is 8.42 Å². The Balaban J connectivity index is 0.00000242. The molecule has 1 aliphatic rings. The van der Waals surface area contributed by atoms with Gasteiger partial charge in [-0.2, -0.15) is 4.31 Å². The van der Waals surface area contributed by atoms with E-state index in [0.717, 1.165) is 6.07 Å². The molecule has 0 radical (unpaired) electrons. The normalized spacial score (nSPS) is 22.9. The summed E-state index contributed by atoms with van der Waals surface area (Å²) in [5, 5.41) is 11.2. The second-order valence-corrected chi connectivity index (χ2v) is 7.50. The largest absolute Gasteiger partial charge is 0.327 e. The maximum Gasteiger partial charge on any atom is 0.290 e. The van der Waals surface area contributed by atoms with Crippen LogP contribution < -0.4 is 5.73 Å². The summed E-state index contributed by atoms with van der Waals surface area (Å²) in [6.45, 7) is 2.37. The molecule has 0 aromatic heterocycles. The van der Waals surface area contributed by atoms with Crippen LogP contribution in [0.1, 0.15) is 13.3 Å². The second kappa shape index (κ2) is 7.10. The number of nitro benzene ring substituents is 1. The van der Waals surface area contributed by atoms with Crippen LogP contribution in [0.4, 0.5) is 5.69 Å². The molecule has 0 spiro atoms. The monoisotopic (exact) mass is 369 g/mol. The van der Waals surface area contributed by atoms with Crippen molar-refractivity contribution in [2.45, 2.75) is 24.3 Å². The first-order valence-corrected chi connectivity index (χ1v) is 8.25. The van der Waals surface area contributed by atoms with Crippen molar-refractivity contribution in [3.8, 4) is 0 Å². The van der Waals surface area contributed by atoms with E-state index in [9.17, 15) is 18.5 Å². The summed E-state index contributed by atoms with van der Waals surface area (Å²) in [6.07, 6.45) is 0.530. The van der Waals surface area contributed by atoms with E-state index in [1.807, 2.05) is 6.92 Å². The maximum absolute atomic E-state index is 12.6. The van der Waals surface area contributed by atoms with E-state index in [4.69, 9.17) is 17.3 Å². The number of hydrogen-bond donors (Lipinski definition) is 1. The van der Waals surface area contributed by atoms with Gasteiger partial charge in [0, 0.05) is 30.2 Å². The van der Waals surface area contributed by atoms with Gasteiger partial charge in [0.1, 0.15) is 0 Å². The Morgan fingerprint density at radius 1 is 1.45 bits per heavy atom. The topological polar surface area (TPSA) is 107 Å². The average molecular weight is 370 g/mol. The quantitative estimate of drug-likeness (QED) is 0.647. The molecule has 0 saturated carbocycles. The lowest BCUT2D eigenvalue weighted by molar-refractivity contribution is -0.387. The molecular weight excluding hydrogens is 353 g/mol. The molecule has 0 aliphatic carbocycles. The van der Waals surface area contributed by atoms with Gasteiger partial charge in [0.25, 0.3) is 5.69 Å². The molecule has 22 heavy (non-hydrogen) atoms. The van der Waals surface area contributed by atoms with E-state index in [1.54, 1.807) is 0 Å². The van der Waals surface area contributed by atoms with E-state index in [1.165, 1.54) is 16.4 Å². The van der Waals surface area contributed by atoms with Crippen LogP contribution in [0.2, 0.25) is 5.02 Å². The van der Waals surface area contributed by atoms with Crippen LogP contribution in [-0.2, 0) is 10.0 Å². The van der Waals surface area contributed by atoms with Crippen LogP contribution in [-0.4, -0.2) is 36.8 Å². The van der Waals surface area contributed by atoms with Crippen LogP contribution >= 0.6 is 24.0 Å². The number of piperidine rings is 1. The lowest BCUT2D eigenvalue weighted by atomic mass is 9.96. The number of rotatable bonds is 3. The molecule has 1 saturated heterocycles. The molecule has 1 heterocycles. The molecule has 1 fully saturated rings. The molecule has 1 aliphatic heterocycles. The van der Waals surface area contributed by atoms with Crippen LogP contribution in [0.15, 0.2) is 23.1 Å². The first-order chi connectivity index (χ1) is 9.73. The van der Waals surface area contributed by atoms with Crippen LogP contribution in [0.5, 0.6) is 0 Å².